The van der Waals surface area contributed by atoms with Crippen molar-refractivity contribution in [3.8, 4) is 0 Å². The molecular formula is C15H19ClN2O3S. The van der Waals surface area contributed by atoms with E-state index in [0.717, 1.165) is 6.42 Å². The molecule has 1 aromatic carbocycles. The fourth-order valence-corrected chi connectivity index (χ4v) is 4.76. The van der Waals surface area contributed by atoms with Gasteiger partial charge in [0.25, 0.3) is 0 Å². The zero-order chi connectivity index (χ0) is 15.9. The van der Waals surface area contributed by atoms with E-state index in [-0.39, 0.29) is 21.7 Å². The zero-order valence-electron chi connectivity index (χ0n) is 12.4. The summed E-state index contributed by atoms with van der Waals surface area (Å²) in [5, 5.41) is 0.229. The molecule has 2 atom stereocenters. The van der Waals surface area contributed by atoms with Crippen LogP contribution in [0.4, 0.5) is 0 Å². The molecule has 0 N–H and O–H groups in total. The number of nitrogens with zero attached hydrogens (tertiary/aromatic N) is 2. The van der Waals surface area contributed by atoms with Gasteiger partial charge in [-0.2, -0.15) is 4.31 Å². The molecule has 0 bridgehead atoms. The van der Waals surface area contributed by atoms with Gasteiger partial charge in [-0.1, -0.05) is 30.7 Å². The maximum absolute atomic E-state index is 12.6. The van der Waals surface area contributed by atoms with Crippen LogP contribution in [0.2, 0.25) is 5.02 Å². The van der Waals surface area contributed by atoms with Crippen LogP contribution >= 0.6 is 11.6 Å². The van der Waals surface area contributed by atoms with E-state index in [9.17, 15) is 13.2 Å². The molecule has 0 unspecified atom stereocenters. The van der Waals surface area contributed by atoms with Crippen LogP contribution in [0.5, 0.6) is 0 Å². The molecule has 3 rings (SSSR count). The summed E-state index contributed by atoms with van der Waals surface area (Å²) in [6.45, 7) is 3.61. The number of piperazine rings is 1. The lowest BCUT2D eigenvalue weighted by atomic mass is 10.2. The van der Waals surface area contributed by atoms with E-state index < -0.39 is 10.0 Å². The highest BCUT2D eigenvalue weighted by atomic mass is 35.5. The predicted octanol–water partition coefficient (Wildman–Crippen LogP) is 1.83. The molecule has 1 heterocycles. The van der Waals surface area contributed by atoms with E-state index in [0.29, 0.717) is 32.1 Å². The Balaban J connectivity index is 1.68. The van der Waals surface area contributed by atoms with Gasteiger partial charge in [0, 0.05) is 32.1 Å². The normalized spacial score (nSPS) is 26.0. The Morgan fingerprint density at radius 2 is 1.77 bits per heavy atom. The van der Waals surface area contributed by atoms with Crippen LogP contribution in [-0.4, -0.2) is 49.7 Å². The van der Waals surface area contributed by atoms with E-state index in [1.165, 1.54) is 10.4 Å². The Morgan fingerprint density at radius 3 is 2.32 bits per heavy atom. The van der Waals surface area contributed by atoms with E-state index in [1.807, 2.05) is 0 Å². The molecule has 2 fully saturated rings. The minimum absolute atomic E-state index is 0.132. The molecule has 0 spiro atoms. The van der Waals surface area contributed by atoms with Crippen molar-refractivity contribution >= 4 is 27.5 Å². The zero-order valence-corrected chi connectivity index (χ0v) is 14.0. The summed E-state index contributed by atoms with van der Waals surface area (Å²) >= 11 is 6.00. The number of sulfonamides is 1. The quantitative estimate of drug-likeness (QED) is 0.842. The largest absolute Gasteiger partial charge is 0.340 e. The van der Waals surface area contributed by atoms with Crippen molar-refractivity contribution < 1.29 is 13.2 Å². The second kappa shape index (κ2) is 5.83. The molecule has 1 aliphatic heterocycles. The molecule has 5 nitrogen and oxygen atoms in total. The topological polar surface area (TPSA) is 57.7 Å². The SMILES string of the molecule is C[C@H]1C[C@H]1C(=O)N1CCN(S(=O)(=O)c2ccccc2Cl)CC1. The van der Waals surface area contributed by atoms with E-state index in [1.54, 1.807) is 23.1 Å². The first kappa shape index (κ1) is 15.8. The second-order valence-electron chi connectivity index (χ2n) is 5.98. The van der Waals surface area contributed by atoms with Crippen LogP contribution < -0.4 is 0 Å². The highest BCUT2D eigenvalue weighted by molar-refractivity contribution is 7.89. The van der Waals surface area contributed by atoms with E-state index in [4.69, 9.17) is 11.6 Å². The molecule has 1 aliphatic carbocycles. The van der Waals surface area contributed by atoms with Gasteiger partial charge in [0.05, 0.1) is 5.02 Å². The van der Waals surface area contributed by atoms with E-state index in [2.05, 4.69) is 6.92 Å². The van der Waals surface area contributed by atoms with Crippen molar-refractivity contribution in [1.82, 2.24) is 9.21 Å². The smallest absolute Gasteiger partial charge is 0.244 e. The number of benzene rings is 1. The molecule has 7 heteroatoms. The maximum Gasteiger partial charge on any atom is 0.244 e. The van der Waals surface area contributed by atoms with Crippen LogP contribution in [0.25, 0.3) is 0 Å². The van der Waals surface area contributed by atoms with Crippen LogP contribution in [-0.2, 0) is 14.8 Å². The van der Waals surface area contributed by atoms with Crippen LogP contribution in [0, 0.1) is 11.8 Å². The Hall–Kier alpha value is -1.11. The van der Waals surface area contributed by atoms with Gasteiger partial charge in [-0.25, -0.2) is 8.42 Å². The molecule has 120 valence electrons. The lowest BCUT2D eigenvalue weighted by Gasteiger charge is -2.34. The average molecular weight is 343 g/mol. The van der Waals surface area contributed by atoms with Gasteiger partial charge in [0.1, 0.15) is 4.90 Å². The van der Waals surface area contributed by atoms with Crippen LogP contribution in [0.1, 0.15) is 13.3 Å². The molecule has 0 radical (unpaired) electrons. The van der Waals surface area contributed by atoms with Crippen LogP contribution in [0.15, 0.2) is 29.2 Å². The number of carbonyl (C=O) groups is 1. The van der Waals surface area contributed by atoms with Crippen molar-refractivity contribution in [3.05, 3.63) is 29.3 Å². The number of hydrogen-bond acceptors (Lipinski definition) is 3. The fourth-order valence-electron chi connectivity index (χ4n) is 2.84. The Morgan fingerprint density at radius 1 is 1.18 bits per heavy atom. The lowest BCUT2D eigenvalue weighted by molar-refractivity contribution is -0.134. The Labute approximate surface area is 135 Å². The van der Waals surface area contributed by atoms with Gasteiger partial charge in [-0.05, 0) is 24.5 Å². The number of hydrogen-bond donors (Lipinski definition) is 0. The molecule has 1 amide bonds. The second-order valence-corrected chi connectivity index (χ2v) is 8.29. The first-order valence-electron chi connectivity index (χ1n) is 7.44. The first-order valence-corrected chi connectivity index (χ1v) is 9.26. The number of halogens is 1. The molecule has 1 aromatic rings. The minimum Gasteiger partial charge on any atom is -0.340 e. The molecule has 0 aromatic heterocycles. The van der Waals surface area contributed by atoms with Crippen molar-refractivity contribution in [2.24, 2.45) is 11.8 Å². The fraction of sp³-hybridized carbons (Fsp3) is 0.533. The van der Waals surface area contributed by atoms with Gasteiger partial charge < -0.3 is 4.90 Å². The monoisotopic (exact) mass is 342 g/mol. The summed E-state index contributed by atoms with van der Waals surface area (Å²) < 4.78 is 26.7. The predicted molar refractivity (Wildman–Crippen MR) is 84.1 cm³/mol. The summed E-state index contributed by atoms with van der Waals surface area (Å²) in [5.74, 6) is 0.784. The van der Waals surface area contributed by atoms with Crippen molar-refractivity contribution in [2.45, 2.75) is 18.2 Å². The average Bonchev–Trinajstić information content (AvgIpc) is 3.24. The van der Waals surface area contributed by atoms with Crippen molar-refractivity contribution in [3.63, 3.8) is 0 Å². The highest BCUT2D eigenvalue weighted by Gasteiger charge is 2.42. The first-order chi connectivity index (χ1) is 10.4. The standard InChI is InChI=1S/C15H19ClN2O3S/c1-11-10-12(11)15(19)17-6-8-18(9-7-17)22(20,21)14-5-3-2-4-13(14)16/h2-5,11-12H,6-10H2,1H3/t11-,12+/m0/s1. The molecule has 1 saturated heterocycles. The lowest BCUT2D eigenvalue weighted by Crippen LogP contribution is -2.51. The van der Waals surface area contributed by atoms with Gasteiger partial charge >= 0.3 is 0 Å². The van der Waals surface area contributed by atoms with Gasteiger partial charge in [-0.3, -0.25) is 4.79 Å². The highest BCUT2D eigenvalue weighted by Crippen LogP contribution is 2.39. The van der Waals surface area contributed by atoms with Crippen molar-refractivity contribution in [1.29, 1.82) is 0 Å². The molecule has 2 aliphatic rings. The summed E-state index contributed by atoms with van der Waals surface area (Å²) in [6.07, 6.45) is 0.955. The molecule has 22 heavy (non-hydrogen) atoms. The number of amides is 1. The Kier molecular flexibility index (Phi) is 4.18. The molecule has 1 saturated carbocycles. The van der Waals surface area contributed by atoms with Crippen molar-refractivity contribution in [2.75, 3.05) is 26.2 Å². The Bertz CT molecular complexity index is 684. The van der Waals surface area contributed by atoms with Gasteiger partial charge in [0.2, 0.25) is 15.9 Å². The third-order valence-corrected chi connectivity index (χ3v) is 6.83. The third-order valence-electron chi connectivity index (χ3n) is 4.43. The summed E-state index contributed by atoms with van der Waals surface area (Å²) in [4.78, 5) is 14.1. The molecular weight excluding hydrogens is 324 g/mol. The van der Waals surface area contributed by atoms with E-state index >= 15 is 0 Å². The minimum atomic E-state index is -3.59. The summed E-state index contributed by atoms with van der Waals surface area (Å²) in [5.41, 5.74) is 0. The van der Waals surface area contributed by atoms with Crippen LogP contribution in [0.3, 0.4) is 0 Å². The number of rotatable bonds is 3. The van der Waals surface area contributed by atoms with Gasteiger partial charge in [-0.15, -0.1) is 0 Å². The third kappa shape index (κ3) is 2.87. The maximum atomic E-state index is 12.6. The van der Waals surface area contributed by atoms with Gasteiger partial charge in [0.15, 0.2) is 0 Å². The number of carbonyl (C=O) groups excluding carboxylic acids is 1. The summed E-state index contributed by atoms with van der Waals surface area (Å²) in [6, 6.07) is 6.45. The summed E-state index contributed by atoms with van der Waals surface area (Å²) in [7, 11) is -3.59.